The van der Waals surface area contributed by atoms with Crippen LogP contribution in [0.15, 0.2) is 248 Å². The van der Waals surface area contributed by atoms with Crippen LogP contribution < -0.4 is 4.90 Å². The van der Waals surface area contributed by atoms with Crippen LogP contribution in [0.4, 0.5) is 11.4 Å². The van der Waals surface area contributed by atoms with Crippen LogP contribution in [-0.4, -0.2) is 6.04 Å². The first-order chi connectivity index (χ1) is 31.8. The fraction of sp³-hybridized carbons (Fsp3) is 0.0476. The Bertz CT molecular complexity index is 3470. The highest BCUT2D eigenvalue weighted by Gasteiger charge is 2.54. The molecular formula is C63H43N. The quantitative estimate of drug-likeness (QED) is 0.162. The van der Waals surface area contributed by atoms with Gasteiger partial charge in [0.05, 0.1) is 17.1 Å². The zero-order valence-corrected chi connectivity index (χ0v) is 35.3. The van der Waals surface area contributed by atoms with Crippen LogP contribution in [0.3, 0.4) is 0 Å². The monoisotopic (exact) mass is 813 g/mol. The van der Waals surface area contributed by atoms with E-state index in [2.05, 4.69) is 248 Å². The van der Waals surface area contributed by atoms with Crippen molar-refractivity contribution in [1.29, 1.82) is 0 Å². The Labute approximate surface area is 374 Å². The second-order valence-corrected chi connectivity index (χ2v) is 17.4. The van der Waals surface area contributed by atoms with Gasteiger partial charge in [0.1, 0.15) is 0 Å². The molecule has 300 valence electrons. The second-order valence-electron chi connectivity index (χ2n) is 17.4. The molecule has 13 rings (SSSR count). The minimum absolute atomic E-state index is 0.00419. The third kappa shape index (κ3) is 5.37. The fourth-order valence-corrected chi connectivity index (χ4v) is 11.5. The Morgan fingerprint density at radius 1 is 0.375 bits per heavy atom. The van der Waals surface area contributed by atoms with E-state index in [0.717, 1.165) is 12.1 Å². The van der Waals surface area contributed by atoms with Gasteiger partial charge >= 0.3 is 0 Å². The molecule has 3 aliphatic carbocycles. The highest BCUT2D eigenvalue weighted by molar-refractivity contribution is 6.07. The molecule has 0 aliphatic heterocycles. The summed E-state index contributed by atoms with van der Waals surface area (Å²) < 4.78 is 0. The molecule has 1 atom stereocenters. The van der Waals surface area contributed by atoms with E-state index < -0.39 is 5.41 Å². The number of anilines is 2. The van der Waals surface area contributed by atoms with E-state index in [1.54, 1.807) is 0 Å². The van der Waals surface area contributed by atoms with E-state index in [4.69, 9.17) is 0 Å². The molecule has 1 unspecified atom stereocenters. The predicted molar refractivity (Wildman–Crippen MR) is 269 cm³/mol. The molecule has 0 N–H and O–H groups in total. The van der Waals surface area contributed by atoms with Gasteiger partial charge in [-0.15, -0.1) is 0 Å². The molecule has 1 spiro atoms. The highest BCUT2D eigenvalue weighted by atomic mass is 15.2. The molecule has 10 aromatic rings. The standard InChI is InChI=1S/C63H43N/c1-3-17-42(18-4-1)52-39-34-44-20-8-10-24-51(44)62(52)64(47-35-31-45(32-36-47)50-38-33-43-19-7-9-23-49(43)61(50)46-21-5-2-6-22-46)48-37-40-56-55-27-13-16-30-59(55)63(60(56)41-48)57-28-14-11-25-53(57)54-26-12-15-29-58(54)63/h1-36,38-41,48H,37H2. The number of benzene rings is 10. The van der Waals surface area contributed by atoms with Gasteiger partial charge in [0.2, 0.25) is 0 Å². The van der Waals surface area contributed by atoms with E-state index in [0.29, 0.717) is 0 Å². The van der Waals surface area contributed by atoms with E-state index in [1.165, 1.54) is 105 Å². The van der Waals surface area contributed by atoms with Gasteiger partial charge < -0.3 is 4.90 Å². The normalized spacial score (nSPS) is 15.3. The van der Waals surface area contributed by atoms with Crippen molar-refractivity contribution in [3.8, 4) is 44.5 Å². The number of hydrogen-bond donors (Lipinski definition) is 0. The Morgan fingerprint density at radius 3 is 1.55 bits per heavy atom. The maximum atomic E-state index is 2.66. The second kappa shape index (κ2) is 14.5. The lowest BCUT2D eigenvalue weighted by atomic mass is 9.69. The van der Waals surface area contributed by atoms with E-state index in [1.807, 2.05) is 0 Å². The van der Waals surface area contributed by atoms with Crippen LogP contribution in [0.2, 0.25) is 0 Å². The topological polar surface area (TPSA) is 3.24 Å². The molecular weight excluding hydrogens is 771 g/mol. The first-order valence-electron chi connectivity index (χ1n) is 22.5. The third-order valence-corrected chi connectivity index (χ3v) is 14.2. The summed E-state index contributed by atoms with van der Waals surface area (Å²) in [5.74, 6) is 0. The molecule has 0 fully saturated rings. The van der Waals surface area contributed by atoms with E-state index in [-0.39, 0.29) is 6.04 Å². The summed E-state index contributed by atoms with van der Waals surface area (Å²) in [6.45, 7) is 0. The first-order valence-corrected chi connectivity index (χ1v) is 22.5. The van der Waals surface area contributed by atoms with Gasteiger partial charge in [-0.1, -0.05) is 231 Å². The average molecular weight is 814 g/mol. The van der Waals surface area contributed by atoms with Gasteiger partial charge in [0.25, 0.3) is 0 Å². The summed E-state index contributed by atoms with van der Waals surface area (Å²) in [7, 11) is 0. The van der Waals surface area contributed by atoms with Crippen LogP contribution in [0, 0.1) is 0 Å². The van der Waals surface area contributed by atoms with Gasteiger partial charge in [0, 0.05) is 16.6 Å². The summed E-state index contributed by atoms with van der Waals surface area (Å²) >= 11 is 0. The number of hydrogen-bond acceptors (Lipinski definition) is 1. The Morgan fingerprint density at radius 2 is 0.875 bits per heavy atom. The van der Waals surface area contributed by atoms with E-state index >= 15 is 0 Å². The first kappa shape index (κ1) is 36.6. The zero-order chi connectivity index (χ0) is 42.2. The Kier molecular flexibility index (Phi) is 8.33. The molecule has 0 heterocycles. The van der Waals surface area contributed by atoms with Crippen molar-refractivity contribution in [2.24, 2.45) is 0 Å². The zero-order valence-electron chi connectivity index (χ0n) is 35.3. The summed E-state index contributed by atoms with van der Waals surface area (Å²) in [6.07, 6.45) is 6.05. The highest BCUT2D eigenvalue weighted by Crippen LogP contribution is 2.64. The molecule has 10 aromatic carbocycles. The lowest BCUT2D eigenvalue weighted by Crippen LogP contribution is -2.34. The molecule has 0 saturated heterocycles. The lowest BCUT2D eigenvalue weighted by Gasteiger charge is -2.38. The molecule has 1 heteroatoms. The van der Waals surface area contributed by atoms with Gasteiger partial charge in [-0.3, -0.25) is 0 Å². The van der Waals surface area contributed by atoms with Crippen molar-refractivity contribution in [1.82, 2.24) is 0 Å². The minimum Gasteiger partial charge on any atom is -0.333 e. The molecule has 3 aliphatic rings. The smallest absolute Gasteiger partial charge is 0.0723 e. The molecule has 0 bridgehead atoms. The minimum atomic E-state index is -0.422. The number of nitrogens with zero attached hydrogens (tertiary/aromatic N) is 1. The van der Waals surface area contributed by atoms with Crippen LogP contribution in [0.25, 0.3) is 71.6 Å². The summed E-state index contributed by atoms with van der Waals surface area (Å²) in [5.41, 5.74) is 20.2. The van der Waals surface area contributed by atoms with Gasteiger partial charge in [0.15, 0.2) is 0 Å². The van der Waals surface area contributed by atoms with Crippen molar-refractivity contribution < 1.29 is 0 Å². The molecule has 0 aromatic heterocycles. The Hall–Kier alpha value is -8.00. The maximum Gasteiger partial charge on any atom is 0.0723 e. The molecule has 0 amide bonds. The van der Waals surface area contributed by atoms with Crippen LogP contribution >= 0.6 is 0 Å². The largest absolute Gasteiger partial charge is 0.333 e. The molecule has 1 nitrogen and oxygen atoms in total. The molecule has 0 radical (unpaired) electrons. The number of rotatable bonds is 6. The van der Waals surface area contributed by atoms with Crippen molar-refractivity contribution in [3.05, 3.63) is 271 Å². The summed E-state index contributed by atoms with van der Waals surface area (Å²) in [4.78, 5) is 2.66. The van der Waals surface area contributed by atoms with Crippen molar-refractivity contribution in [3.63, 3.8) is 0 Å². The SMILES string of the molecule is C1=C2C(=CC(N(c3ccc(-c4ccc5ccccc5c4-c4ccccc4)cc3)c3c(-c4ccccc4)ccc4ccccc34)C1)C1(c3ccccc32)c2ccccc2-c2ccccc21. The fourth-order valence-electron chi connectivity index (χ4n) is 11.5. The van der Waals surface area contributed by atoms with Gasteiger partial charge in [-0.2, -0.15) is 0 Å². The average Bonchev–Trinajstić information content (AvgIpc) is 3.84. The molecule has 64 heavy (non-hydrogen) atoms. The van der Waals surface area contributed by atoms with Crippen molar-refractivity contribution in [2.75, 3.05) is 4.90 Å². The van der Waals surface area contributed by atoms with Gasteiger partial charge in [-0.05, 0) is 107 Å². The van der Waals surface area contributed by atoms with Crippen LogP contribution in [0.5, 0.6) is 0 Å². The summed E-state index contributed by atoms with van der Waals surface area (Å²) in [6, 6.07) is 85.6. The maximum absolute atomic E-state index is 2.66. The van der Waals surface area contributed by atoms with Crippen molar-refractivity contribution in [2.45, 2.75) is 17.9 Å². The lowest BCUT2D eigenvalue weighted by molar-refractivity contribution is 0.738. The number of fused-ring (bicyclic) bond motifs is 12. The number of allylic oxidation sites excluding steroid dienone is 2. The van der Waals surface area contributed by atoms with Gasteiger partial charge in [-0.25, -0.2) is 0 Å². The van der Waals surface area contributed by atoms with Crippen LogP contribution in [0.1, 0.15) is 28.7 Å². The van der Waals surface area contributed by atoms with Crippen molar-refractivity contribution >= 4 is 38.5 Å². The summed E-state index contributed by atoms with van der Waals surface area (Å²) in [5, 5.41) is 4.97. The molecule has 0 saturated carbocycles. The predicted octanol–water partition coefficient (Wildman–Crippen LogP) is 16.2. The van der Waals surface area contributed by atoms with Crippen LogP contribution in [-0.2, 0) is 5.41 Å². The third-order valence-electron chi connectivity index (χ3n) is 14.2. The van der Waals surface area contributed by atoms with E-state index in [9.17, 15) is 0 Å². The Balaban J connectivity index is 1.05.